The Morgan fingerprint density at radius 3 is 2.67 bits per heavy atom. The van der Waals surface area contributed by atoms with Crippen LogP contribution in [0.25, 0.3) is 0 Å². The van der Waals surface area contributed by atoms with E-state index in [1.165, 1.54) is 5.56 Å². The summed E-state index contributed by atoms with van der Waals surface area (Å²) >= 11 is 0. The van der Waals surface area contributed by atoms with Gasteiger partial charge in [-0.25, -0.2) is 0 Å². The molecule has 2 unspecified atom stereocenters. The molecule has 27 heavy (non-hydrogen) atoms. The number of benzene rings is 1. The van der Waals surface area contributed by atoms with E-state index in [-0.39, 0.29) is 17.9 Å². The zero-order valence-corrected chi connectivity index (χ0v) is 16.7. The van der Waals surface area contributed by atoms with E-state index in [1.807, 2.05) is 36.9 Å². The summed E-state index contributed by atoms with van der Waals surface area (Å²) in [7, 11) is 0. The maximum absolute atomic E-state index is 13.1. The summed E-state index contributed by atoms with van der Waals surface area (Å²) < 4.78 is 0. The van der Waals surface area contributed by atoms with E-state index in [0.717, 1.165) is 51.7 Å². The Bertz CT molecular complexity index is 638. The molecular formula is C22H33N3O2. The normalized spacial score (nSPS) is 23.3. The standard InChI is InChI=1S/C22H33N3O2/c1-22(2,14-17-8-4-3-5-9-17)21(27)25-13-7-10-18(16-25)15-24-20(26)19-11-6-12-23-19/h3-5,8-9,18-19,23H,6-7,10-16H2,1-2H3,(H,24,26). The molecule has 2 aliphatic heterocycles. The maximum atomic E-state index is 13.1. The highest BCUT2D eigenvalue weighted by Crippen LogP contribution is 2.27. The molecule has 2 saturated heterocycles. The summed E-state index contributed by atoms with van der Waals surface area (Å²) in [6.07, 6.45) is 4.82. The van der Waals surface area contributed by atoms with Crippen molar-refractivity contribution in [3.05, 3.63) is 35.9 Å². The second-order valence-corrected chi connectivity index (χ2v) is 8.70. The van der Waals surface area contributed by atoms with Gasteiger partial charge in [0.15, 0.2) is 0 Å². The van der Waals surface area contributed by atoms with Gasteiger partial charge in [-0.1, -0.05) is 44.2 Å². The maximum Gasteiger partial charge on any atom is 0.237 e. The second-order valence-electron chi connectivity index (χ2n) is 8.70. The van der Waals surface area contributed by atoms with Crippen LogP contribution in [0.1, 0.15) is 45.1 Å². The third kappa shape index (κ3) is 5.32. The highest BCUT2D eigenvalue weighted by Gasteiger charge is 2.35. The van der Waals surface area contributed by atoms with Crippen molar-refractivity contribution in [2.45, 2.75) is 52.0 Å². The SMILES string of the molecule is CC(C)(Cc1ccccc1)C(=O)N1CCCC(CNC(=O)C2CCCN2)C1. The minimum atomic E-state index is -0.416. The summed E-state index contributed by atoms with van der Waals surface area (Å²) in [5.41, 5.74) is 0.779. The van der Waals surface area contributed by atoms with Gasteiger partial charge in [0.2, 0.25) is 11.8 Å². The average molecular weight is 372 g/mol. The van der Waals surface area contributed by atoms with Crippen LogP contribution in [0, 0.1) is 11.3 Å². The van der Waals surface area contributed by atoms with Crippen LogP contribution in [0.15, 0.2) is 30.3 Å². The van der Waals surface area contributed by atoms with Crippen LogP contribution in [0.2, 0.25) is 0 Å². The van der Waals surface area contributed by atoms with Crippen molar-refractivity contribution in [3.63, 3.8) is 0 Å². The third-order valence-corrected chi connectivity index (χ3v) is 5.82. The molecule has 0 aromatic heterocycles. The van der Waals surface area contributed by atoms with Crippen LogP contribution in [0.5, 0.6) is 0 Å². The molecule has 0 spiro atoms. The van der Waals surface area contributed by atoms with Crippen molar-refractivity contribution in [2.75, 3.05) is 26.2 Å². The van der Waals surface area contributed by atoms with Crippen molar-refractivity contribution in [2.24, 2.45) is 11.3 Å². The molecule has 2 atom stereocenters. The fraction of sp³-hybridized carbons (Fsp3) is 0.636. The van der Waals surface area contributed by atoms with Gasteiger partial charge >= 0.3 is 0 Å². The van der Waals surface area contributed by atoms with Crippen molar-refractivity contribution >= 4 is 11.8 Å². The Morgan fingerprint density at radius 2 is 1.96 bits per heavy atom. The first kappa shape index (κ1) is 19.9. The number of carbonyl (C=O) groups excluding carboxylic acids is 2. The first-order chi connectivity index (χ1) is 13.0. The van der Waals surface area contributed by atoms with Gasteiger partial charge < -0.3 is 15.5 Å². The van der Waals surface area contributed by atoms with Crippen LogP contribution in [0.4, 0.5) is 0 Å². The predicted octanol–water partition coefficient (Wildman–Crippen LogP) is 2.36. The number of likely N-dealkylation sites (tertiary alicyclic amines) is 1. The fourth-order valence-corrected chi connectivity index (χ4v) is 4.30. The van der Waals surface area contributed by atoms with Gasteiger partial charge in [-0.05, 0) is 50.1 Å². The van der Waals surface area contributed by atoms with E-state index < -0.39 is 5.41 Å². The van der Waals surface area contributed by atoms with Crippen molar-refractivity contribution in [1.82, 2.24) is 15.5 Å². The lowest BCUT2D eigenvalue weighted by Gasteiger charge is -2.38. The lowest BCUT2D eigenvalue weighted by molar-refractivity contribution is -0.142. The number of nitrogens with zero attached hydrogens (tertiary/aromatic N) is 1. The molecule has 2 N–H and O–H groups in total. The van der Waals surface area contributed by atoms with Crippen molar-refractivity contribution in [1.29, 1.82) is 0 Å². The summed E-state index contributed by atoms with van der Waals surface area (Å²) in [6, 6.07) is 10.2. The first-order valence-electron chi connectivity index (χ1n) is 10.3. The number of piperidine rings is 1. The molecule has 3 rings (SSSR count). The zero-order valence-electron chi connectivity index (χ0n) is 16.7. The number of hydrogen-bond donors (Lipinski definition) is 2. The van der Waals surface area contributed by atoms with Gasteiger partial charge in [0, 0.05) is 25.0 Å². The Kier molecular flexibility index (Phi) is 6.53. The van der Waals surface area contributed by atoms with Crippen LogP contribution in [-0.4, -0.2) is 48.9 Å². The van der Waals surface area contributed by atoms with Crippen LogP contribution >= 0.6 is 0 Å². The summed E-state index contributed by atoms with van der Waals surface area (Å²) in [4.78, 5) is 27.4. The molecule has 0 aliphatic carbocycles. The van der Waals surface area contributed by atoms with Crippen LogP contribution < -0.4 is 10.6 Å². The summed E-state index contributed by atoms with van der Waals surface area (Å²) in [5, 5.41) is 6.33. The number of nitrogens with one attached hydrogen (secondary N) is 2. The minimum absolute atomic E-state index is 0.0314. The van der Waals surface area contributed by atoms with E-state index in [2.05, 4.69) is 22.8 Å². The van der Waals surface area contributed by atoms with Crippen molar-refractivity contribution < 1.29 is 9.59 Å². The van der Waals surface area contributed by atoms with E-state index >= 15 is 0 Å². The lowest BCUT2D eigenvalue weighted by atomic mass is 9.83. The first-order valence-corrected chi connectivity index (χ1v) is 10.3. The molecular weight excluding hydrogens is 338 g/mol. The Labute approximate surface area is 162 Å². The molecule has 2 amide bonds. The van der Waals surface area contributed by atoms with Gasteiger partial charge in [0.25, 0.3) is 0 Å². The van der Waals surface area contributed by atoms with Gasteiger partial charge in [-0.3, -0.25) is 9.59 Å². The van der Waals surface area contributed by atoms with E-state index in [1.54, 1.807) is 0 Å². The van der Waals surface area contributed by atoms with Gasteiger partial charge in [0.1, 0.15) is 0 Å². The Hall–Kier alpha value is -1.88. The number of carbonyl (C=O) groups is 2. The van der Waals surface area contributed by atoms with Gasteiger partial charge in [0.05, 0.1) is 6.04 Å². The topological polar surface area (TPSA) is 61.4 Å². The molecule has 1 aromatic rings. The smallest absolute Gasteiger partial charge is 0.237 e. The van der Waals surface area contributed by atoms with Gasteiger partial charge in [-0.2, -0.15) is 0 Å². The van der Waals surface area contributed by atoms with Crippen molar-refractivity contribution in [3.8, 4) is 0 Å². The lowest BCUT2D eigenvalue weighted by Crippen LogP contribution is -2.49. The number of hydrogen-bond acceptors (Lipinski definition) is 3. The molecule has 5 heteroatoms. The molecule has 0 saturated carbocycles. The van der Waals surface area contributed by atoms with E-state index in [0.29, 0.717) is 12.5 Å². The molecule has 5 nitrogen and oxygen atoms in total. The number of amides is 2. The zero-order chi connectivity index (χ0) is 19.3. The largest absolute Gasteiger partial charge is 0.354 e. The molecule has 0 radical (unpaired) electrons. The minimum Gasteiger partial charge on any atom is -0.354 e. The predicted molar refractivity (Wildman–Crippen MR) is 107 cm³/mol. The third-order valence-electron chi connectivity index (χ3n) is 5.82. The molecule has 2 aliphatic rings. The van der Waals surface area contributed by atoms with Crippen LogP contribution in [-0.2, 0) is 16.0 Å². The molecule has 0 bridgehead atoms. The highest BCUT2D eigenvalue weighted by molar-refractivity contribution is 5.83. The van der Waals surface area contributed by atoms with Gasteiger partial charge in [-0.15, -0.1) is 0 Å². The average Bonchev–Trinajstić information content (AvgIpc) is 3.21. The Morgan fingerprint density at radius 1 is 1.19 bits per heavy atom. The Balaban J connectivity index is 1.51. The highest BCUT2D eigenvalue weighted by atomic mass is 16.2. The summed E-state index contributed by atoms with van der Waals surface area (Å²) in [6.45, 7) is 7.25. The molecule has 2 heterocycles. The fourth-order valence-electron chi connectivity index (χ4n) is 4.30. The van der Waals surface area contributed by atoms with Crippen LogP contribution in [0.3, 0.4) is 0 Å². The quantitative estimate of drug-likeness (QED) is 0.807. The van der Waals surface area contributed by atoms with E-state index in [4.69, 9.17) is 0 Å². The van der Waals surface area contributed by atoms with E-state index in [9.17, 15) is 9.59 Å². The molecule has 1 aromatic carbocycles. The monoisotopic (exact) mass is 371 g/mol. The molecule has 2 fully saturated rings. The molecule has 148 valence electrons. The summed E-state index contributed by atoms with van der Waals surface area (Å²) in [5.74, 6) is 0.681. The second kappa shape index (κ2) is 8.87. The number of rotatable bonds is 6.